The first kappa shape index (κ1) is 17.1. The molecule has 1 aromatic heterocycles. The Hall–Kier alpha value is -2.70. The summed E-state index contributed by atoms with van der Waals surface area (Å²) in [5.74, 6) is -1.57. The fourth-order valence-electron chi connectivity index (χ4n) is 3.24. The van der Waals surface area contributed by atoms with Gasteiger partial charge in [-0.3, -0.25) is 9.59 Å². The van der Waals surface area contributed by atoms with Gasteiger partial charge in [0.15, 0.2) is 5.69 Å². The Morgan fingerprint density at radius 3 is 2.48 bits per heavy atom. The normalized spacial score (nSPS) is 20.2. The zero-order chi connectivity index (χ0) is 18.2. The van der Waals surface area contributed by atoms with Crippen LogP contribution in [0.1, 0.15) is 30.8 Å². The molecule has 2 aromatic rings. The highest BCUT2D eigenvalue weighted by Gasteiger charge is 2.48. The van der Waals surface area contributed by atoms with Gasteiger partial charge in [0.25, 0.3) is 5.91 Å². The second-order valence-corrected chi connectivity index (χ2v) is 6.71. The van der Waals surface area contributed by atoms with Crippen molar-refractivity contribution in [3.63, 3.8) is 0 Å². The van der Waals surface area contributed by atoms with Gasteiger partial charge in [0, 0.05) is 19.3 Å². The van der Waals surface area contributed by atoms with Crippen molar-refractivity contribution in [1.82, 2.24) is 14.7 Å². The Kier molecular flexibility index (Phi) is 4.32. The number of aliphatic carboxylic acids is 1. The van der Waals surface area contributed by atoms with Crippen molar-refractivity contribution in [3.05, 3.63) is 48.0 Å². The van der Waals surface area contributed by atoms with Gasteiger partial charge in [0.05, 0.1) is 11.1 Å². The second kappa shape index (κ2) is 6.31. The van der Waals surface area contributed by atoms with Crippen LogP contribution < -0.4 is 0 Å². The SMILES string of the molecule is CC(C)C1(C(=O)O)CCN(C(=O)c2ccn(-c3ccc(F)cc3)n2)C1. The smallest absolute Gasteiger partial charge is 0.311 e. The highest BCUT2D eigenvalue weighted by molar-refractivity contribution is 5.93. The van der Waals surface area contributed by atoms with Gasteiger partial charge >= 0.3 is 5.97 Å². The lowest BCUT2D eigenvalue weighted by molar-refractivity contribution is -0.150. The first-order valence-corrected chi connectivity index (χ1v) is 8.18. The van der Waals surface area contributed by atoms with Gasteiger partial charge in [-0.2, -0.15) is 5.10 Å². The number of nitrogens with zero attached hydrogens (tertiary/aromatic N) is 3. The van der Waals surface area contributed by atoms with Crippen LogP contribution in [-0.4, -0.2) is 44.8 Å². The minimum Gasteiger partial charge on any atom is -0.481 e. The molecule has 3 rings (SSSR count). The Labute approximate surface area is 144 Å². The molecule has 25 heavy (non-hydrogen) atoms. The van der Waals surface area contributed by atoms with Crippen molar-refractivity contribution < 1.29 is 19.1 Å². The van der Waals surface area contributed by atoms with E-state index in [0.717, 1.165) is 0 Å². The predicted molar refractivity (Wildman–Crippen MR) is 88.9 cm³/mol. The summed E-state index contributed by atoms with van der Waals surface area (Å²) in [6, 6.07) is 7.37. The summed E-state index contributed by atoms with van der Waals surface area (Å²) in [6.07, 6.45) is 2.06. The third kappa shape index (κ3) is 3.01. The first-order chi connectivity index (χ1) is 11.8. The molecule has 1 amide bonds. The van der Waals surface area contributed by atoms with E-state index in [1.807, 2.05) is 13.8 Å². The molecule has 0 aliphatic carbocycles. The maximum atomic E-state index is 13.0. The van der Waals surface area contributed by atoms with Crippen LogP contribution in [0.25, 0.3) is 5.69 Å². The molecule has 2 heterocycles. The van der Waals surface area contributed by atoms with Gasteiger partial charge in [-0.25, -0.2) is 9.07 Å². The third-order valence-corrected chi connectivity index (χ3v) is 5.02. The predicted octanol–water partition coefficient (Wildman–Crippen LogP) is 2.58. The number of hydrogen-bond donors (Lipinski definition) is 1. The summed E-state index contributed by atoms with van der Waals surface area (Å²) in [6.45, 7) is 4.31. The maximum Gasteiger partial charge on any atom is 0.311 e. The number of carboxylic acid groups (broad SMARTS) is 1. The fourth-order valence-corrected chi connectivity index (χ4v) is 3.24. The number of rotatable bonds is 4. The van der Waals surface area contributed by atoms with E-state index < -0.39 is 11.4 Å². The summed E-state index contributed by atoms with van der Waals surface area (Å²) in [5.41, 5.74) is -0.0203. The molecule has 1 saturated heterocycles. The van der Waals surface area contributed by atoms with Gasteiger partial charge in [-0.05, 0) is 42.7 Å². The van der Waals surface area contributed by atoms with Crippen molar-refractivity contribution in [2.45, 2.75) is 20.3 Å². The number of amides is 1. The number of benzene rings is 1. The van der Waals surface area contributed by atoms with Gasteiger partial charge < -0.3 is 10.0 Å². The van der Waals surface area contributed by atoms with Gasteiger partial charge in [-0.1, -0.05) is 13.8 Å². The van der Waals surface area contributed by atoms with Crippen molar-refractivity contribution in [3.8, 4) is 5.69 Å². The largest absolute Gasteiger partial charge is 0.481 e. The van der Waals surface area contributed by atoms with Crippen LogP contribution in [0.15, 0.2) is 36.5 Å². The van der Waals surface area contributed by atoms with Crippen LogP contribution >= 0.6 is 0 Å². The van der Waals surface area contributed by atoms with E-state index in [2.05, 4.69) is 5.10 Å². The number of carboxylic acids is 1. The summed E-state index contributed by atoms with van der Waals surface area (Å²) >= 11 is 0. The number of hydrogen-bond acceptors (Lipinski definition) is 3. The number of aromatic nitrogens is 2. The average Bonchev–Trinajstić information content (AvgIpc) is 3.23. The summed E-state index contributed by atoms with van der Waals surface area (Å²) in [4.78, 5) is 25.9. The first-order valence-electron chi connectivity index (χ1n) is 8.18. The summed E-state index contributed by atoms with van der Waals surface area (Å²) in [7, 11) is 0. The van der Waals surface area contributed by atoms with Crippen molar-refractivity contribution >= 4 is 11.9 Å². The van der Waals surface area contributed by atoms with E-state index in [1.54, 1.807) is 29.3 Å². The molecule has 132 valence electrons. The molecule has 0 bridgehead atoms. The van der Waals surface area contributed by atoms with Crippen LogP contribution in [0.5, 0.6) is 0 Å². The van der Waals surface area contributed by atoms with E-state index in [4.69, 9.17) is 0 Å². The molecule has 7 heteroatoms. The van der Waals surface area contributed by atoms with Crippen LogP contribution in [0.4, 0.5) is 4.39 Å². The monoisotopic (exact) mass is 345 g/mol. The Morgan fingerprint density at radius 2 is 1.92 bits per heavy atom. The molecule has 0 radical (unpaired) electrons. The van der Waals surface area contributed by atoms with Crippen LogP contribution in [-0.2, 0) is 4.79 Å². The molecule has 1 fully saturated rings. The molecular weight excluding hydrogens is 325 g/mol. The standard InChI is InChI=1S/C18H20FN3O3/c1-12(2)18(17(24)25)8-10-21(11-18)16(23)15-7-9-22(20-15)14-5-3-13(19)4-6-14/h3-7,9,12H,8,10-11H2,1-2H3,(H,24,25). The molecular formula is C18H20FN3O3. The average molecular weight is 345 g/mol. The number of carbonyl (C=O) groups is 2. The zero-order valence-electron chi connectivity index (χ0n) is 14.1. The van der Waals surface area contributed by atoms with Crippen molar-refractivity contribution in [2.24, 2.45) is 11.3 Å². The van der Waals surface area contributed by atoms with E-state index in [-0.39, 0.29) is 29.9 Å². The van der Waals surface area contributed by atoms with Crippen LogP contribution in [0.2, 0.25) is 0 Å². The molecule has 6 nitrogen and oxygen atoms in total. The lowest BCUT2D eigenvalue weighted by Gasteiger charge is -2.28. The number of carbonyl (C=O) groups excluding carboxylic acids is 1. The Balaban J connectivity index is 1.79. The summed E-state index contributed by atoms with van der Waals surface area (Å²) < 4.78 is 14.5. The molecule has 1 unspecified atom stereocenters. The number of halogens is 1. The van der Waals surface area contributed by atoms with Crippen molar-refractivity contribution in [1.29, 1.82) is 0 Å². The lowest BCUT2D eigenvalue weighted by atomic mass is 9.76. The molecule has 0 spiro atoms. The summed E-state index contributed by atoms with van der Waals surface area (Å²) in [5, 5.41) is 13.8. The van der Waals surface area contributed by atoms with Crippen LogP contribution in [0, 0.1) is 17.2 Å². The van der Waals surface area contributed by atoms with E-state index in [9.17, 15) is 19.1 Å². The third-order valence-electron chi connectivity index (χ3n) is 5.02. The molecule has 1 aliphatic heterocycles. The molecule has 0 saturated carbocycles. The minimum absolute atomic E-state index is 0.0698. The maximum absolute atomic E-state index is 13.0. The van der Waals surface area contributed by atoms with Gasteiger partial charge in [0.2, 0.25) is 0 Å². The molecule has 1 aromatic carbocycles. The lowest BCUT2D eigenvalue weighted by Crippen LogP contribution is -2.40. The Bertz CT molecular complexity index is 800. The second-order valence-electron chi connectivity index (χ2n) is 6.71. The Morgan fingerprint density at radius 1 is 1.24 bits per heavy atom. The zero-order valence-corrected chi connectivity index (χ0v) is 14.1. The number of likely N-dealkylation sites (tertiary alicyclic amines) is 1. The molecule has 1 aliphatic rings. The highest BCUT2D eigenvalue weighted by Crippen LogP contribution is 2.38. The van der Waals surface area contributed by atoms with E-state index in [1.165, 1.54) is 16.8 Å². The highest BCUT2D eigenvalue weighted by atomic mass is 19.1. The topological polar surface area (TPSA) is 75.4 Å². The van der Waals surface area contributed by atoms with Crippen LogP contribution in [0.3, 0.4) is 0 Å². The quantitative estimate of drug-likeness (QED) is 0.924. The van der Waals surface area contributed by atoms with Gasteiger partial charge in [0.1, 0.15) is 5.82 Å². The fraction of sp³-hybridized carbons (Fsp3) is 0.389. The minimum atomic E-state index is -0.908. The molecule has 1 N–H and O–H groups in total. The van der Waals surface area contributed by atoms with E-state index in [0.29, 0.717) is 18.7 Å². The van der Waals surface area contributed by atoms with Crippen molar-refractivity contribution in [2.75, 3.05) is 13.1 Å². The van der Waals surface area contributed by atoms with Gasteiger partial charge in [-0.15, -0.1) is 0 Å². The van der Waals surface area contributed by atoms with E-state index >= 15 is 0 Å². The molecule has 1 atom stereocenters.